The Morgan fingerprint density at radius 1 is 1.03 bits per heavy atom. The monoisotopic (exact) mass is 432 g/mol. The smallest absolute Gasteiger partial charge is 0.313 e. The van der Waals surface area contributed by atoms with E-state index in [4.69, 9.17) is 4.74 Å². The van der Waals surface area contributed by atoms with Crippen LogP contribution in [0.5, 0.6) is 0 Å². The van der Waals surface area contributed by atoms with Crippen LogP contribution in [0, 0.1) is 23.2 Å². The lowest BCUT2D eigenvalue weighted by Crippen LogP contribution is -2.55. The summed E-state index contributed by atoms with van der Waals surface area (Å²) < 4.78 is 6.39. The Morgan fingerprint density at radius 3 is 2.56 bits per heavy atom. The van der Waals surface area contributed by atoms with Crippen molar-refractivity contribution in [3.8, 4) is 0 Å². The van der Waals surface area contributed by atoms with Crippen molar-refractivity contribution in [3.63, 3.8) is 0 Å². The van der Waals surface area contributed by atoms with Gasteiger partial charge in [0.15, 0.2) is 0 Å². The van der Waals surface area contributed by atoms with E-state index >= 15 is 0 Å². The Labute approximate surface area is 191 Å². The van der Waals surface area contributed by atoms with E-state index in [1.807, 2.05) is 0 Å². The van der Waals surface area contributed by atoms with Crippen molar-refractivity contribution in [3.05, 3.63) is 48.0 Å². The highest BCUT2D eigenvalue weighted by Crippen LogP contribution is 2.55. The highest BCUT2D eigenvalue weighted by molar-refractivity contribution is 5.92. The molecule has 5 rings (SSSR count). The summed E-state index contributed by atoms with van der Waals surface area (Å²) in [7, 11) is 0. The maximum atomic E-state index is 13.5. The summed E-state index contributed by atoms with van der Waals surface area (Å²) in [5.74, 6) is 0.943. The van der Waals surface area contributed by atoms with Gasteiger partial charge in [-0.3, -0.25) is 9.59 Å². The molecule has 170 valence electrons. The minimum atomic E-state index is -0.520. The molecule has 0 unspecified atom stereocenters. The van der Waals surface area contributed by atoms with Gasteiger partial charge in [-0.15, -0.1) is 0 Å². The fraction of sp³-hybridized carbons (Fsp3) is 0.586. The summed E-state index contributed by atoms with van der Waals surface area (Å²) in [5.41, 5.74) is 0.686. The number of carbonyl (C=O) groups excluding carboxylic acids is 2. The Balaban J connectivity index is 1.41. The third-order valence-corrected chi connectivity index (χ3v) is 9.12. The van der Waals surface area contributed by atoms with E-state index in [9.17, 15) is 9.59 Å². The van der Waals surface area contributed by atoms with Gasteiger partial charge in [0.25, 0.3) is 0 Å². The van der Waals surface area contributed by atoms with Crippen molar-refractivity contribution in [1.29, 1.82) is 0 Å². The first-order chi connectivity index (χ1) is 15.3. The number of benzene rings is 2. The van der Waals surface area contributed by atoms with E-state index in [1.165, 1.54) is 22.8 Å². The van der Waals surface area contributed by atoms with Crippen molar-refractivity contribution in [1.82, 2.24) is 0 Å². The molecule has 0 saturated heterocycles. The molecule has 0 bridgehead atoms. The van der Waals surface area contributed by atoms with E-state index in [2.05, 4.69) is 63.2 Å². The quantitative estimate of drug-likeness (QED) is 0.510. The van der Waals surface area contributed by atoms with E-state index in [-0.39, 0.29) is 35.1 Å². The molecule has 2 aromatic carbocycles. The van der Waals surface area contributed by atoms with Gasteiger partial charge < -0.3 is 4.74 Å². The highest BCUT2D eigenvalue weighted by Gasteiger charge is 2.58. The van der Waals surface area contributed by atoms with Gasteiger partial charge in [-0.25, -0.2) is 0 Å². The van der Waals surface area contributed by atoms with Crippen LogP contribution in [-0.2, 0) is 19.7 Å². The molecular formula is C29H36O3. The molecule has 3 heteroatoms. The largest absolute Gasteiger partial charge is 0.462 e. The lowest BCUT2D eigenvalue weighted by atomic mass is 9.53. The summed E-state index contributed by atoms with van der Waals surface area (Å²) in [6.07, 6.45) is 7.04. The zero-order chi connectivity index (χ0) is 22.5. The predicted molar refractivity (Wildman–Crippen MR) is 127 cm³/mol. The first kappa shape index (κ1) is 21.7. The average molecular weight is 433 g/mol. The van der Waals surface area contributed by atoms with Crippen molar-refractivity contribution in [2.75, 3.05) is 0 Å². The van der Waals surface area contributed by atoms with E-state index in [0.717, 1.165) is 38.5 Å². The predicted octanol–water partition coefficient (Wildman–Crippen LogP) is 6.61. The lowest BCUT2D eigenvalue weighted by molar-refractivity contribution is -0.187. The Kier molecular flexibility index (Phi) is 5.42. The average Bonchev–Trinajstić information content (AvgIpc) is 2.74. The normalized spacial score (nSPS) is 32.8. The van der Waals surface area contributed by atoms with Crippen LogP contribution in [0.15, 0.2) is 42.5 Å². The van der Waals surface area contributed by atoms with Gasteiger partial charge in [0.05, 0.1) is 5.41 Å². The summed E-state index contributed by atoms with van der Waals surface area (Å²) >= 11 is 0. The minimum absolute atomic E-state index is 0.0830. The molecule has 0 spiro atoms. The SMILES string of the molecule is C[C@@H]1CC[C@@H](C(C)(C)c2ccc3ccccc3c2)[C@H](OC(=O)[C@@]23CCCC(=O)[C@@H]2CC3)C1. The van der Waals surface area contributed by atoms with Crippen molar-refractivity contribution in [2.45, 2.75) is 83.7 Å². The molecule has 3 fully saturated rings. The molecular weight excluding hydrogens is 396 g/mol. The summed E-state index contributed by atoms with van der Waals surface area (Å²) in [6.45, 7) is 6.90. The third-order valence-electron chi connectivity index (χ3n) is 9.12. The maximum absolute atomic E-state index is 13.5. The van der Waals surface area contributed by atoms with Crippen molar-refractivity contribution >= 4 is 22.5 Å². The summed E-state index contributed by atoms with van der Waals surface area (Å²) in [5, 5.41) is 2.51. The van der Waals surface area contributed by atoms with Gasteiger partial charge in [-0.2, -0.15) is 0 Å². The van der Waals surface area contributed by atoms with Crippen LogP contribution in [-0.4, -0.2) is 17.9 Å². The van der Waals surface area contributed by atoms with Crippen LogP contribution in [0.25, 0.3) is 10.8 Å². The minimum Gasteiger partial charge on any atom is -0.462 e. The molecule has 2 aromatic rings. The molecule has 0 heterocycles. The van der Waals surface area contributed by atoms with E-state index in [0.29, 0.717) is 12.3 Å². The molecule has 3 nitrogen and oxygen atoms in total. The van der Waals surface area contributed by atoms with Gasteiger partial charge in [0.1, 0.15) is 11.9 Å². The molecule has 32 heavy (non-hydrogen) atoms. The number of hydrogen-bond acceptors (Lipinski definition) is 3. The number of ether oxygens (including phenoxy) is 1. The zero-order valence-corrected chi connectivity index (χ0v) is 19.7. The summed E-state index contributed by atoms with van der Waals surface area (Å²) in [4.78, 5) is 25.9. The Morgan fingerprint density at radius 2 is 1.81 bits per heavy atom. The molecule has 3 aliphatic rings. The highest BCUT2D eigenvalue weighted by atomic mass is 16.5. The second-order valence-electron chi connectivity index (χ2n) is 11.3. The molecule has 3 aliphatic carbocycles. The number of esters is 1. The molecule has 3 saturated carbocycles. The van der Waals surface area contributed by atoms with Crippen LogP contribution < -0.4 is 0 Å². The van der Waals surface area contributed by atoms with Gasteiger partial charge in [-0.1, -0.05) is 69.7 Å². The second-order valence-corrected chi connectivity index (χ2v) is 11.3. The first-order valence-electron chi connectivity index (χ1n) is 12.5. The molecule has 5 atom stereocenters. The second kappa shape index (κ2) is 8.01. The third kappa shape index (κ3) is 3.49. The van der Waals surface area contributed by atoms with Crippen molar-refractivity contribution in [2.24, 2.45) is 23.2 Å². The van der Waals surface area contributed by atoms with Crippen LogP contribution in [0.1, 0.15) is 77.7 Å². The number of rotatable bonds is 4. The fourth-order valence-corrected chi connectivity index (χ4v) is 6.85. The van der Waals surface area contributed by atoms with E-state index < -0.39 is 5.41 Å². The van der Waals surface area contributed by atoms with Gasteiger partial charge in [0, 0.05) is 18.3 Å². The maximum Gasteiger partial charge on any atom is 0.313 e. The Hall–Kier alpha value is -2.16. The van der Waals surface area contributed by atoms with Crippen LogP contribution in [0.3, 0.4) is 0 Å². The zero-order valence-electron chi connectivity index (χ0n) is 19.7. The number of Topliss-reactive ketones (excluding diaryl/α,β-unsaturated/α-hetero) is 1. The first-order valence-corrected chi connectivity index (χ1v) is 12.5. The lowest BCUT2D eigenvalue weighted by Gasteiger charge is -2.51. The number of ketones is 1. The van der Waals surface area contributed by atoms with Crippen molar-refractivity contribution < 1.29 is 14.3 Å². The van der Waals surface area contributed by atoms with Crippen LogP contribution in [0.4, 0.5) is 0 Å². The molecule has 0 radical (unpaired) electrons. The van der Waals surface area contributed by atoms with E-state index in [1.54, 1.807) is 0 Å². The standard InChI is InChI=1S/C29H36O3/c1-19-10-13-24(28(2,3)22-12-11-20-7-4-5-8-21(20)18-22)26(17-19)32-27(31)29-15-6-9-25(30)23(29)14-16-29/h4-5,7-8,11-12,18-19,23-24,26H,6,9-10,13-17H2,1-3H3/t19-,23+,24-,26-,29-/m1/s1. The number of carbonyl (C=O) groups is 2. The van der Waals surface area contributed by atoms with Crippen LogP contribution in [0.2, 0.25) is 0 Å². The summed E-state index contributed by atoms with van der Waals surface area (Å²) in [6, 6.07) is 15.3. The molecule has 0 amide bonds. The molecule has 0 aliphatic heterocycles. The van der Waals surface area contributed by atoms with Crippen LogP contribution >= 0.6 is 0 Å². The number of hydrogen-bond donors (Lipinski definition) is 0. The van der Waals surface area contributed by atoms with Gasteiger partial charge >= 0.3 is 5.97 Å². The topological polar surface area (TPSA) is 43.4 Å². The fourth-order valence-electron chi connectivity index (χ4n) is 6.85. The number of fused-ring (bicyclic) bond motifs is 2. The Bertz CT molecular complexity index is 1040. The van der Waals surface area contributed by atoms with Gasteiger partial charge in [-0.05, 0) is 66.2 Å². The van der Waals surface area contributed by atoms with Gasteiger partial charge in [0.2, 0.25) is 0 Å². The molecule has 0 N–H and O–H groups in total. The molecule has 0 aromatic heterocycles.